The molecule has 0 aliphatic carbocycles. The average Bonchev–Trinajstić information content (AvgIpc) is 3.29. The van der Waals surface area contributed by atoms with Gasteiger partial charge in [0.2, 0.25) is 5.91 Å². The molecule has 1 atom stereocenters. The van der Waals surface area contributed by atoms with Crippen LogP contribution in [0, 0.1) is 13.8 Å². The summed E-state index contributed by atoms with van der Waals surface area (Å²) in [7, 11) is 0. The van der Waals surface area contributed by atoms with Crippen LogP contribution in [0.3, 0.4) is 0 Å². The monoisotopic (exact) mass is 494 g/mol. The second-order valence-electron chi connectivity index (χ2n) is 6.56. The normalized spacial score (nSPS) is 12.3. The lowest BCUT2D eigenvalue weighted by molar-refractivity contribution is -0.115. The molecule has 0 aliphatic rings. The van der Waals surface area contributed by atoms with E-state index in [9.17, 15) is 4.79 Å². The largest absolute Gasteiger partial charge is 0.301 e. The minimum atomic E-state index is -0.347. The van der Waals surface area contributed by atoms with Gasteiger partial charge in [-0.3, -0.25) is 4.79 Å². The number of thioether (sulfide) groups is 1. The van der Waals surface area contributed by atoms with E-state index in [-0.39, 0.29) is 11.2 Å². The highest BCUT2D eigenvalue weighted by atomic mass is 35.5. The summed E-state index contributed by atoms with van der Waals surface area (Å²) in [6, 6.07) is 5.33. The van der Waals surface area contributed by atoms with Crippen LogP contribution in [0.25, 0.3) is 21.5 Å². The zero-order chi connectivity index (χ0) is 21.4. The highest BCUT2D eigenvalue weighted by Gasteiger charge is 2.20. The number of aromatic nitrogens is 3. The molecular weight excluding hydrogens is 479 g/mol. The first kappa shape index (κ1) is 21.5. The number of benzene rings is 1. The Morgan fingerprint density at radius 1 is 1.20 bits per heavy atom. The highest BCUT2D eigenvalue weighted by molar-refractivity contribution is 8.00. The Morgan fingerprint density at radius 2 is 2.00 bits per heavy atom. The van der Waals surface area contributed by atoms with Crippen molar-refractivity contribution < 1.29 is 4.79 Å². The number of thiophene rings is 1. The van der Waals surface area contributed by atoms with Crippen LogP contribution in [0.15, 0.2) is 34.9 Å². The quantitative estimate of drug-likeness (QED) is 0.242. The molecule has 1 amide bonds. The Labute approximate surface area is 195 Å². The topological polar surface area (TPSA) is 67.8 Å². The van der Waals surface area contributed by atoms with Gasteiger partial charge in [0.05, 0.1) is 21.0 Å². The lowest BCUT2D eigenvalue weighted by atomic mass is 10.2. The number of halogens is 2. The summed E-state index contributed by atoms with van der Waals surface area (Å²) in [5.41, 5.74) is 2.74. The van der Waals surface area contributed by atoms with Gasteiger partial charge in [0, 0.05) is 21.2 Å². The minimum absolute atomic E-state index is 0.133. The van der Waals surface area contributed by atoms with Gasteiger partial charge in [-0.1, -0.05) is 41.0 Å². The van der Waals surface area contributed by atoms with E-state index >= 15 is 0 Å². The van der Waals surface area contributed by atoms with E-state index < -0.39 is 0 Å². The number of amides is 1. The molecule has 10 heteroatoms. The molecular formula is C20H16Cl2N4OS3. The van der Waals surface area contributed by atoms with Crippen molar-refractivity contribution in [1.29, 1.82) is 0 Å². The van der Waals surface area contributed by atoms with Gasteiger partial charge in [0.15, 0.2) is 5.13 Å². The number of hydrogen-bond donors (Lipinski definition) is 1. The van der Waals surface area contributed by atoms with Gasteiger partial charge in [-0.05, 0) is 38.5 Å². The number of hydrogen-bond acceptors (Lipinski definition) is 7. The molecule has 5 nitrogen and oxygen atoms in total. The van der Waals surface area contributed by atoms with Crippen LogP contribution >= 0.6 is 57.6 Å². The van der Waals surface area contributed by atoms with Crippen molar-refractivity contribution >= 4 is 78.9 Å². The van der Waals surface area contributed by atoms with Crippen molar-refractivity contribution in [3.63, 3.8) is 0 Å². The predicted molar refractivity (Wildman–Crippen MR) is 128 cm³/mol. The predicted octanol–water partition coefficient (Wildman–Crippen LogP) is 6.86. The fraction of sp³-hybridized carbons (Fsp3) is 0.200. The average molecular weight is 495 g/mol. The molecule has 0 bridgehead atoms. The maximum Gasteiger partial charge on any atom is 0.239 e. The first-order valence-electron chi connectivity index (χ1n) is 8.92. The second-order valence-corrected chi connectivity index (χ2v) is 10.8. The summed E-state index contributed by atoms with van der Waals surface area (Å²) < 4.78 is 0. The summed E-state index contributed by atoms with van der Waals surface area (Å²) in [6.07, 6.45) is 1.55. The molecule has 0 aliphatic heterocycles. The van der Waals surface area contributed by atoms with Crippen molar-refractivity contribution in [3.8, 4) is 11.3 Å². The second kappa shape index (κ2) is 8.80. The van der Waals surface area contributed by atoms with Crippen LogP contribution in [-0.2, 0) is 4.79 Å². The molecule has 4 aromatic rings. The van der Waals surface area contributed by atoms with E-state index in [0.29, 0.717) is 15.2 Å². The fourth-order valence-electron chi connectivity index (χ4n) is 2.79. The Hall–Kier alpha value is -1.71. The number of nitrogens with zero attached hydrogens (tertiary/aromatic N) is 3. The minimum Gasteiger partial charge on any atom is -0.301 e. The van der Waals surface area contributed by atoms with Crippen LogP contribution in [0.4, 0.5) is 5.13 Å². The van der Waals surface area contributed by atoms with Crippen LogP contribution in [0.1, 0.15) is 17.4 Å². The highest BCUT2D eigenvalue weighted by Crippen LogP contribution is 2.36. The molecule has 0 spiro atoms. The third-order valence-corrected chi connectivity index (χ3v) is 8.25. The first-order chi connectivity index (χ1) is 14.3. The van der Waals surface area contributed by atoms with Gasteiger partial charge in [-0.2, -0.15) is 0 Å². The molecule has 0 unspecified atom stereocenters. The Morgan fingerprint density at radius 3 is 2.77 bits per heavy atom. The smallest absolute Gasteiger partial charge is 0.239 e. The molecule has 0 saturated carbocycles. The van der Waals surface area contributed by atoms with E-state index in [1.165, 1.54) is 28.0 Å². The van der Waals surface area contributed by atoms with Crippen LogP contribution < -0.4 is 5.32 Å². The molecule has 3 heterocycles. The fourth-order valence-corrected chi connectivity index (χ4v) is 5.85. The van der Waals surface area contributed by atoms with Crippen molar-refractivity contribution in [1.82, 2.24) is 15.0 Å². The van der Waals surface area contributed by atoms with E-state index in [0.717, 1.165) is 32.1 Å². The first-order valence-corrected chi connectivity index (χ1v) is 12.3. The number of carbonyl (C=O) groups is 1. The Balaban J connectivity index is 1.48. The van der Waals surface area contributed by atoms with Gasteiger partial charge in [0.25, 0.3) is 0 Å². The zero-order valence-electron chi connectivity index (χ0n) is 16.2. The maximum atomic E-state index is 12.7. The molecule has 154 valence electrons. The van der Waals surface area contributed by atoms with Crippen LogP contribution in [0.2, 0.25) is 10.0 Å². The third-order valence-electron chi connectivity index (χ3n) is 4.54. The van der Waals surface area contributed by atoms with Gasteiger partial charge in [0.1, 0.15) is 16.2 Å². The number of rotatable bonds is 5. The van der Waals surface area contributed by atoms with Gasteiger partial charge in [-0.25, -0.2) is 15.0 Å². The molecule has 1 N–H and O–H groups in total. The number of anilines is 1. The molecule has 30 heavy (non-hydrogen) atoms. The Kier molecular flexibility index (Phi) is 6.31. The zero-order valence-corrected chi connectivity index (χ0v) is 20.2. The van der Waals surface area contributed by atoms with Crippen molar-refractivity contribution in [2.45, 2.75) is 31.0 Å². The molecule has 0 saturated heterocycles. The summed E-state index contributed by atoms with van der Waals surface area (Å²) in [4.78, 5) is 28.2. The summed E-state index contributed by atoms with van der Waals surface area (Å²) >= 11 is 16.5. The number of aryl methyl sites for hydroxylation is 2. The number of carbonyl (C=O) groups excluding carboxylic acids is 1. The summed E-state index contributed by atoms with van der Waals surface area (Å²) in [5.74, 6) is -0.133. The van der Waals surface area contributed by atoms with E-state index in [2.05, 4.69) is 34.1 Å². The Bertz CT molecular complexity index is 1250. The van der Waals surface area contributed by atoms with E-state index in [1.807, 2.05) is 18.4 Å². The lowest BCUT2D eigenvalue weighted by Gasteiger charge is -2.10. The van der Waals surface area contributed by atoms with Gasteiger partial charge < -0.3 is 5.32 Å². The van der Waals surface area contributed by atoms with Crippen molar-refractivity contribution in [2.75, 3.05) is 5.32 Å². The lowest BCUT2D eigenvalue weighted by Crippen LogP contribution is -2.22. The van der Waals surface area contributed by atoms with Crippen molar-refractivity contribution in [3.05, 3.63) is 50.4 Å². The van der Waals surface area contributed by atoms with Crippen LogP contribution in [-0.4, -0.2) is 26.1 Å². The molecule has 0 fully saturated rings. The van der Waals surface area contributed by atoms with Gasteiger partial charge >= 0.3 is 0 Å². The standard InChI is InChI=1S/C20H16Cl2N4OS3/c1-9-10(2)29-18-16(9)19(24-8-23-18)30-11(3)17(27)26-20-25-15(7-28-20)12-4-5-13(21)14(22)6-12/h4-8,11H,1-3H3,(H,25,26,27)/t11-/m1/s1. The van der Waals surface area contributed by atoms with Crippen LogP contribution in [0.5, 0.6) is 0 Å². The number of nitrogens with one attached hydrogen (secondary N) is 1. The summed E-state index contributed by atoms with van der Waals surface area (Å²) in [6.45, 7) is 5.99. The van der Waals surface area contributed by atoms with E-state index in [1.54, 1.807) is 29.8 Å². The van der Waals surface area contributed by atoms with Gasteiger partial charge in [-0.15, -0.1) is 22.7 Å². The van der Waals surface area contributed by atoms with E-state index in [4.69, 9.17) is 23.2 Å². The maximum absolute atomic E-state index is 12.7. The number of thiazole rings is 1. The summed E-state index contributed by atoms with van der Waals surface area (Å²) in [5, 5.41) is 7.76. The molecule has 1 aromatic carbocycles. The number of fused-ring (bicyclic) bond motifs is 1. The third kappa shape index (κ3) is 4.33. The molecule has 0 radical (unpaired) electrons. The molecule has 3 aromatic heterocycles. The van der Waals surface area contributed by atoms with Crippen molar-refractivity contribution in [2.24, 2.45) is 0 Å². The SMILES string of the molecule is Cc1sc2ncnc(S[C@H](C)C(=O)Nc3nc(-c4ccc(Cl)c(Cl)c4)cs3)c2c1C. The molecule has 4 rings (SSSR count).